The summed E-state index contributed by atoms with van der Waals surface area (Å²) in [6, 6.07) is 0. The normalized spacial score (nSPS) is 25.8. The number of hydrogen-bond donors (Lipinski definition) is 1. The van der Waals surface area contributed by atoms with Crippen molar-refractivity contribution in [3.63, 3.8) is 0 Å². The van der Waals surface area contributed by atoms with E-state index in [1.54, 1.807) is 0 Å². The van der Waals surface area contributed by atoms with Crippen LogP contribution in [0.1, 0.15) is 59.8 Å². The van der Waals surface area contributed by atoms with Crippen molar-refractivity contribution in [2.24, 2.45) is 5.92 Å². The molecular weight excluding hydrogens is 262 g/mol. The molecule has 1 spiro atoms. The Balaban J connectivity index is 2.20. The van der Waals surface area contributed by atoms with E-state index in [0.29, 0.717) is 11.8 Å². The van der Waals surface area contributed by atoms with Crippen LogP contribution in [-0.2, 0) is 4.79 Å². The molecule has 0 radical (unpaired) electrons. The van der Waals surface area contributed by atoms with E-state index in [9.17, 15) is 4.79 Å². The van der Waals surface area contributed by atoms with Gasteiger partial charge in [-0.2, -0.15) is 0 Å². The first-order valence-corrected chi connectivity index (χ1v) is 8.44. The van der Waals surface area contributed by atoms with Crippen molar-refractivity contribution in [3.05, 3.63) is 0 Å². The fourth-order valence-electron chi connectivity index (χ4n) is 3.58. The van der Waals surface area contributed by atoms with E-state index >= 15 is 0 Å². The number of hydrogen-bond acceptors (Lipinski definition) is 3. The molecule has 1 aliphatic carbocycles. The molecular formula is C17H33N3O. The summed E-state index contributed by atoms with van der Waals surface area (Å²) in [6.07, 6.45) is 5.63. The standard InChI is InChI=1S/C17H33N3O/c1-13(2)11-14-18-17(9-7-8-10-17)15(21)20(14)12-16(3,4)19(5)6/h13-14,18H,7-12H2,1-6H3. The second kappa shape index (κ2) is 5.88. The number of nitrogens with zero attached hydrogens (tertiary/aromatic N) is 2. The molecule has 1 amide bonds. The molecule has 4 nitrogen and oxygen atoms in total. The number of rotatable bonds is 5. The Labute approximate surface area is 130 Å². The second-order valence-corrected chi connectivity index (χ2v) is 8.22. The summed E-state index contributed by atoms with van der Waals surface area (Å²) < 4.78 is 0. The molecule has 0 bridgehead atoms. The molecule has 1 N–H and O–H groups in total. The van der Waals surface area contributed by atoms with Gasteiger partial charge in [0.05, 0.1) is 11.7 Å². The van der Waals surface area contributed by atoms with Crippen LogP contribution in [-0.4, -0.2) is 53.6 Å². The maximum absolute atomic E-state index is 13.1. The molecule has 2 aliphatic rings. The summed E-state index contributed by atoms with van der Waals surface area (Å²) in [5.74, 6) is 0.942. The third kappa shape index (κ3) is 3.26. The molecule has 4 heteroatoms. The lowest BCUT2D eigenvalue weighted by molar-refractivity contribution is -0.134. The van der Waals surface area contributed by atoms with Crippen LogP contribution >= 0.6 is 0 Å². The third-order valence-electron chi connectivity index (χ3n) is 5.41. The van der Waals surface area contributed by atoms with E-state index < -0.39 is 0 Å². The average molecular weight is 295 g/mol. The largest absolute Gasteiger partial charge is 0.324 e. The first kappa shape index (κ1) is 16.8. The zero-order chi connectivity index (χ0) is 15.8. The fourth-order valence-corrected chi connectivity index (χ4v) is 3.58. The number of carbonyl (C=O) groups excluding carboxylic acids is 1. The van der Waals surface area contributed by atoms with E-state index in [1.165, 1.54) is 12.8 Å². The van der Waals surface area contributed by atoms with Crippen LogP contribution in [0.2, 0.25) is 0 Å². The molecule has 0 aromatic heterocycles. The highest BCUT2D eigenvalue weighted by Crippen LogP contribution is 2.38. The van der Waals surface area contributed by atoms with Crippen LogP contribution in [0.25, 0.3) is 0 Å². The van der Waals surface area contributed by atoms with Crippen molar-refractivity contribution in [2.45, 2.75) is 77.0 Å². The zero-order valence-corrected chi connectivity index (χ0v) is 14.7. The van der Waals surface area contributed by atoms with Gasteiger partial charge in [0.2, 0.25) is 5.91 Å². The molecule has 0 aromatic rings. The Hall–Kier alpha value is -0.610. The highest BCUT2D eigenvalue weighted by atomic mass is 16.2. The van der Waals surface area contributed by atoms with Crippen molar-refractivity contribution >= 4 is 5.91 Å². The Morgan fingerprint density at radius 1 is 1.33 bits per heavy atom. The second-order valence-electron chi connectivity index (χ2n) is 8.22. The van der Waals surface area contributed by atoms with Crippen molar-refractivity contribution in [2.75, 3.05) is 20.6 Å². The highest BCUT2D eigenvalue weighted by Gasteiger charge is 2.53. The topological polar surface area (TPSA) is 35.6 Å². The van der Waals surface area contributed by atoms with Gasteiger partial charge in [0, 0.05) is 12.1 Å². The number of nitrogens with one attached hydrogen (secondary N) is 1. The summed E-state index contributed by atoms with van der Waals surface area (Å²) in [4.78, 5) is 17.4. The molecule has 1 saturated carbocycles. The molecule has 1 heterocycles. The van der Waals surface area contributed by atoms with E-state index in [4.69, 9.17) is 0 Å². The molecule has 122 valence electrons. The van der Waals surface area contributed by atoms with Gasteiger partial charge in [0.1, 0.15) is 0 Å². The van der Waals surface area contributed by atoms with Gasteiger partial charge in [-0.05, 0) is 53.1 Å². The molecule has 21 heavy (non-hydrogen) atoms. The molecule has 1 aliphatic heterocycles. The number of amides is 1. The Morgan fingerprint density at radius 2 is 1.90 bits per heavy atom. The summed E-state index contributed by atoms with van der Waals surface area (Å²) >= 11 is 0. The van der Waals surface area contributed by atoms with Crippen LogP contribution in [0.4, 0.5) is 0 Å². The van der Waals surface area contributed by atoms with Crippen molar-refractivity contribution in [1.29, 1.82) is 0 Å². The van der Waals surface area contributed by atoms with E-state index in [1.807, 2.05) is 0 Å². The minimum absolute atomic E-state index is 0.00327. The van der Waals surface area contributed by atoms with Crippen LogP contribution in [0.5, 0.6) is 0 Å². The lowest BCUT2D eigenvalue weighted by atomic mass is 9.97. The van der Waals surface area contributed by atoms with Gasteiger partial charge in [-0.3, -0.25) is 10.1 Å². The highest BCUT2D eigenvalue weighted by molar-refractivity contribution is 5.89. The van der Waals surface area contributed by atoms with Crippen LogP contribution in [0.3, 0.4) is 0 Å². The van der Waals surface area contributed by atoms with Gasteiger partial charge in [-0.1, -0.05) is 26.7 Å². The first-order chi connectivity index (χ1) is 9.68. The molecule has 2 rings (SSSR count). The van der Waals surface area contributed by atoms with Gasteiger partial charge >= 0.3 is 0 Å². The molecule has 0 aromatic carbocycles. The number of likely N-dealkylation sites (N-methyl/N-ethyl adjacent to an activating group) is 1. The molecule has 1 atom stereocenters. The quantitative estimate of drug-likeness (QED) is 0.846. The van der Waals surface area contributed by atoms with E-state index in [-0.39, 0.29) is 17.2 Å². The van der Waals surface area contributed by atoms with Crippen LogP contribution in [0, 0.1) is 5.92 Å². The lowest BCUT2D eigenvalue weighted by Gasteiger charge is -2.38. The number of carbonyl (C=O) groups is 1. The molecule has 1 saturated heterocycles. The summed E-state index contributed by atoms with van der Waals surface area (Å²) in [6.45, 7) is 9.70. The molecule has 2 fully saturated rings. The maximum atomic E-state index is 13.1. The Kier molecular flexibility index (Phi) is 4.69. The Bertz CT molecular complexity index is 383. The van der Waals surface area contributed by atoms with Crippen LogP contribution in [0.15, 0.2) is 0 Å². The third-order valence-corrected chi connectivity index (χ3v) is 5.41. The summed E-state index contributed by atoms with van der Waals surface area (Å²) in [5, 5.41) is 3.72. The fraction of sp³-hybridized carbons (Fsp3) is 0.941. The van der Waals surface area contributed by atoms with Crippen LogP contribution < -0.4 is 5.32 Å². The van der Waals surface area contributed by atoms with E-state index in [2.05, 4.69) is 56.9 Å². The van der Waals surface area contributed by atoms with Gasteiger partial charge in [-0.15, -0.1) is 0 Å². The van der Waals surface area contributed by atoms with Crippen molar-refractivity contribution in [3.8, 4) is 0 Å². The smallest absolute Gasteiger partial charge is 0.244 e. The van der Waals surface area contributed by atoms with E-state index in [0.717, 1.165) is 25.8 Å². The predicted octanol–water partition coefficient (Wildman–Crippen LogP) is 2.44. The zero-order valence-electron chi connectivity index (χ0n) is 14.7. The SMILES string of the molecule is CC(C)CC1NC2(CCCC2)C(=O)N1CC(C)(C)N(C)C. The minimum Gasteiger partial charge on any atom is -0.324 e. The van der Waals surface area contributed by atoms with Gasteiger partial charge in [0.15, 0.2) is 0 Å². The van der Waals surface area contributed by atoms with Crippen molar-refractivity contribution in [1.82, 2.24) is 15.1 Å². The van der Waals surface area contributed by atoms with Gasteiger partial charge in [-0.25, -0.2) is 0 Å². The average Bonchev–Trinajstić information content (AvgIpc) is 2.91. The summed E-state index contributed by atoms with van der Waals surface area (Å²) in [5.41, 5.74) is -0.251. The van der Waals surface area contributed by atoms with Gasteiger partial charge < -0.3 is 9.80 Å². The summed E-state index contributed by atoms with van der Waals surface area (Å²) in [7, 11) is 4.19. The minimum atomic E-state index is -0.248. The van der Waals surface area contributed by atoms with Gasteiger partial charge in [0.25, 0.3) is 0 Å². The maximum Gasteiger partial charge on any atom is 0.244 e. The Morgan fingerprint density at radius 3 is 2.38 bits per heavy atom. The predicted molar refractivity (Wildman–Crippen MR) is 87.1 cm³/mol. The lowest BCUT2D eigenvalue weighted by Crippen LogP contribution is -2.52. The molecule has 1 unspecified atom stereocenters. The monoisotopic (exact) mass is 295 g/mol. The first-order valence-electron chi connectivity index (χ1n) is 8.44. The van der Waals surface area contributed by atoms with Crippen molar-refractivity contribution < 1.29 is 4.79 Å².